The van der Waals surface area contributed by atoms with Gasteiger partial charge in [-0.2, -0.15) is 0 Å². The monoisotopic (exact) mass is 261 g/mol. The van der Waals surface area contributed by atoms with Crippen molar-refractivity contribution in [1.82, 2.24) is 0 Å². The minimum atomic E-state index is -1.89. The lowest BCUT2D eigenvalue weighted by Crippen LogP contribution is -2.27. The van der Waals surface area contributed by atoms with E-state index in [4.69, 9.17) is 15.5 Å². The molecule has 0 bridgehead atoms. The fourth-order valence-electron chi connectivity index (χ4n) is 2.12. The molecular weight excluding hydrogens is 238 g/mol. The average Bonchev–Trinajstić information content (AvgIpc) is 2.26. The van der Waals surface area contributed by atoms with Crippen LogP contribution < -0.4 is 0 Å². The van der Waals surface area contributed by atoms with E-state index in [1.165, 1.54) is 37.8 Å². The number of hydrogen-bond donors (Lipinski definition) is 0. The number of hydrogen-bond acceptors (Lipinski definition) is 2. The zero-order valence-corrected chi connectivity index (χ0v) is 12.4. The Hall–Kier alpha value is 0.137. The molecule has 2 nitrogen and oxygen atoms in total. The van der Waals surface area contributed by atoms with Crippen LogP contribution in [0.3, 0.4) is 0 Å². The van der Waals surface area contributed by atoms with Crippen molar-refractivity contribution in [2.75, 3.05) is 13.2 Å². The molecule has 0 aromatic rings. The summed E-state index contributed by atoms with van der Waals surface area (Å²) in [6.07, 6.45) is 7.58. The summed E-state index contributed by atoms with van der Waals surface area (Å²) in [7, 11) is -1.89. The molecule has 1 rings (SSSR count). The van der Waals surface area contributed by atoms with Crippen molar-refractivity contribution in [3.63, 3.8) is 0 Å². The van der Waals surface area contributed by atoms with Gasteiger partial charge in [-0.05, 0) is 51.6 Å². The molecule has 0 aliphatic heterocycles. The standard InChI is InChI=1S/C12H24ClNOSi/c1-3-15-16(2,13)11-7-10-14-12-8-5-4-6-9-12/h3-11H2,1-2H3. The minimum Gasteiger partial charge on any atom is -0.403 e. The van der Waals surface area contributed by atoms with E-state index in [9.17, 15) is 0 Å². The largest absolute Gasteiger partial charge is 0.403 e. The fraction of sp³-hybridized carbons (Fsp3) is 0.917. The molecule has 0 saturated heterocycles. The van der Waals surface area contributed by atoms with Crippen LogP contribution >= 0.6 is 11.1 Å². The third-order valence-corrected chi connectivity index (χ3v) is 6.02. The lowest BCUT2D eigenvalue weighted by atomic mass is 9.98. The summed E-state index contributed by atoms with van der Waals surface area (Å²) in [5.74, 6) is 0. The molecule has 1 saturated carbocycles. The second kappa shape index (κ2) is 7.46. The molecule has 1 atom stereocenters. The normalized spacial score (nSPS) is 20.6. The smallest absolute Gasteiger partial charge is 0.287 e. The van der Waals surface area contributed by atoms with Crippen molar-refractivity contribution in [2.45, 2.75) is 58.0 Å². The lowest BCUT2D eigenvalue weighted by Gasteiger charge is -2.18. The van der Waals surface area contributed by atoms with Gasteiger partial charge in [0.25, 0.3) is 7.63 Å². The van der Waals surface area contributed by atoms with Gasteiger partial charge in [0, 0.05) is 18.9 Å². The number of nitrogens with zero attached hydrogens (tertiary/aromatic N) is 1. The van der Waals surface area contributed by atoms with Gasteiger partial charge in [0.2, 0.25) is 0 Å². The van der Waals surface area contributed by atoms with Crippen molar-refractivity contribution in [3.8, 4) is 0 Å². The summed E-state index contributed by atoms with van der Waals surface area (Å²) in [6.45, 7) is 5.76. The van der Waals surface area contributed by atoms with E-state index in [0.29, 0.717) is 0 Å². The van der Waals surface area contributed by atoms with Crippen LogP contribution in [0.5, 0.6) is 0 Å². The fourth-order valence-corrected chi connectivity index (χ4v) is 4.39. The topological polar surface area (TPSA) is 21.6 Å². The highest BCUT2D eigenvalue weighted by Gasteiger charge is 2.24. The van der Waals surface area contributed by atoms with Gasteiger partial charge in [0.15, 0.2) is 0 Å². The van der Waals surface area contributed by atoms with E-state index in [0.717, 1.165) is 25.6 Å². The van der Waals surface area contributed by atoms with Crippen LogP contribution in [-0.4, -0.2) is 26.5 Å². The van der Waals surface area contributed by atoms with Gasteiger partial charge in [-0.3, -0.25) is 4.99 Å². The van der Waals surface area contributed by atoms with E-state index in [1.807, 2.05) is 6.92 Å². The summed E-state index contributed by atoms with van der Waals surface area (Å²) in [5.41, 5.74) is 1.43. The van der Waals surface area contributed by atoms with E-state index in [1.54, 1.807) is 0 Å². The summed E-state index contributed by atoms with van der Waals surface area (Å²) in [5, 5.41) is 0. The Labute approximate surface area is 105 Å². The second-order valence-corrected chi connectivity index (χ2v) is 10.0. The Morgan fingerprint density at radius 3 is 2.62 bits per heavy atom. The van der Waals surface area contributed by atoms with Crippen LogP contribution in [0.15, 0.2) is 4.99 Å². The Balaban J connectivity index is 2.15. The molecule has 0 radical (unpaired) electrons. The molecule has 0 aromatic heterocycles. The van der Waals surface area contributed by atoms with Gasteiger partial charge >= 0.3 is 0 Å². The van der Waals surface area contributed by atoms with Crippen molar-refractivity contribution in [3.05, 3.63) is 0 Å². The molecule has 0 amide bonds. The van der Waals surface area contributed by atoms with Crippen molar-refractivity contribution in [2.24, 2.45) is 4.99 Å². The first kappa shape index (κ1) is 14.2. The number of halogens is 1. The van der Waals surface area contributed by atoms with E-state index in [2.05, 4.69) is 11.5 Å². The molecule has 0 spiro atoms. The molecule has 4 heteroatoms. The molecule has 1 aliphatic carbocycles. The van der Waals surface area contributed by atoms with Gasteiger partial charge in [-0.25, -0.2) is 0 Å². The molecule has 16 heavy (non-hydrogen) atoms. The first-order valence-electron chi connectivity index (χ1n) is 6.49. The Morgan fingerprint density at radius 2 is 2.00 bits per heavy atom. The predicted molar refractivity (Wildman–Crippen MR) is 73.9 cm³/mol. The highest BCUT2D eigenvalue weighted by molar-refractivity contribution is 7.16. The third kappa shape index (κ3) is 6.02. The number of aliphatic imine (C=N–C) groups is 1. The maximum Gasteiger partial charge on any atom is 0.287 e. The van der Waals surface area contributed by atoms with Crippen molar-refractivity contribution < 1.29 is 4.43 Å². The van der Waals surface area contributed by atoms with Crippen molar-refractivity contribution >= 4 is 24.4 Å². The van der Waals surface area contributed by atoms with Gasteiger partial charge in [0.05, 0.1) is 0 Å². The summed E-state index contributed by atoms with van der Waals surface area (Å²) in [6, 6.07) is 1.01. The molecule has 0 N–H and O–H groups in total. The zero-order chi connectivity index (χ0) is 11.9. The second-order valence-electron chi connectivity index (χ2n) is 4.65. The quantitative estimate of drug-likeness (QED) is 0.400. The first-order chi connectivity index (χ1) is 7.64. The van der Waals surface area contributed by atoms with Crippen molar-refractivity contribution in [1.29, 1.82) is 0 Å². The molecule has 94 valence electrons. The minimum absolute atomic E-state index is 0.737. The van der Waals surface area contributed by atoms with E-state index in [-0.39, 0.29) is 0 Å². The van der Waals surface area contributed by atoms with Crippen LogP contribution in [0.25, 0.3) is 0 Å². The predicted octanol–water partition coefficient (Wildman–Crippen LogP) is 4.13. The Bertz CT molecular complexity index is 223. The molecule has 1 aliphatic rings. The Kier molecular flexibility index (Phi) is 6.62. The maximum absolute atomic E-state index is 6.33. The average molecular weight is 262 g/mol. The summed E-state index contributed by atoms with van der Waals surface area (Å²) in [4.78, 5) is 4.67. The molecule has 0 heterocycles. The summed E-state index contributed by atoms with van der Waals surface area (Å²) >= 11 is 6.33. The van der Waals surface area contributed by atoms with E-state index >= 15 is 0 Å². The first-order valence-corrected chi connectivity index (χ1v) is 10.1. The summed E-state index contributed by atoms with van der Waals surface area (Å²) < 4.78 is 5.58. The highest BCUT2D eigenvalue weighted by atomic mass is 35.6. The van der Waals surface area contributed by atoms with Crippen LogP contribution in [0.2, 0.25) is 12.6 Å². The van der Waals surface area contributed by atoms with Gasteiger partial charge in [-0.15, -0.1) is 11.1 Å². The molecular formula is C12H24ClNOSi. The molecule has 0 aromatic carbocycles. The lowest BCUT2D eigenvalue weighted by molar-refractivity contribution is 0.338. The zero-order valence-electron chi connectivity index (χ0n) is 10.6. The van der Waals surface area contributed by atoms with Crippen LogP contribution in [-0.2, 0) is 4.43 Å². The third-order valence-electron chi connectivity index (χ3n) is 2.99. The van der Waals surface area contributed by atoms with Crippen LogP contribution in [0.4, 0.5) is 0 Å². The van der Waals surface area contributed by atoms with E-state index < -0.39 is 7.63 Å². The van der Waals surface area contributed by atoms with Gasteiger partial charge in [-0.1, -0.05) is 6.42 Å². The van der Waals surface area contributed by atoms with Gasteiger partial charge in [0.1, 0.15) is 0 Å². The number of rotatable bonds is 6. The van der Waals surface area contributed by atoms with Gasteiger partial charge < -0.3 is 4.43 Å². The van der Waals surface area contributed by atoms with Crippen LogP contribution in [0.1, 0.15) is 45.4 Å². The molecule has 1 unspecified atom stereocenters. The molecule has 1 fully saturated rings. The SMILES string of the molecule is CCO[Si](C)(Cl)CCCN=C1CCCCC1. The maximum atomic E-state index is 6.33. The highest BCUT2D eigenvalue weighted by Crippen LogP contribution is 2.19. The van der Waals surface area contributed by atoms with Crippen LogP contribution in [0, 0.1) is 0 Å². The Morgan fingerprint density at radius 1 is 1.31 bits per heavy atom.